The van der Waals surface area contributed by atoms with Gasteiger partial charge in [-0.15, -0.1) is 0 Å². The number of amidine groups is 1. The number of carbonyl (C=O) groups excluding carboxylic acids is 1. The topological polar surface area (TPSA) is 149 Å². The molecule has 226 valence electrons. The number of anilines is 1. The van der Waals surface area contributed by atoms with Crippen LogP contribution in [0.25, 0.3) is 17.2 Å². The summed E-state index contributed by atoms with van der Waals surface area (Å²) in [7, 11) is -3.70. The Labute approximate surface area is 252 Å². The van der Waals surface area contributed by atoms with Crippen LogP contribution in [0.5, 0.6) is 0 Å². The van der Waals surface area contributed by atoms with E-state index < -0.39 is 10.0 Å². The van der Waals surface area contributed by atoms with Gasteiger partial charge in [0.1, 0.15) is 12.4 Å². The normalized spacial score (nSPS) is 15.7. The number of sulfonamides is 1. The number of carbonyl (C=O) groups is 1. The lowest BCUT2D eigenvalue weighted by Gasteiger charge is -2.23. The molecule has 0 saturated carbocycles. The smallest absolute Gasteiger partial charge is 0.273 e. The first-order valence-electron chi connectivity index (χ1n) is 14.4. The van der Waals surface area contributed by atoms with Gasteiger partial charge in [-0.25, -0.2) is 23.2 Å². The number of nitrogens with one attached hydrogen (secondary N) is 1. The Hall–Kier alpha value is -4.03. The van der Waals surface area contributed by atoms with Crippen molar-refractivity contribution in [2.24, 2.45) is 10.7 Å². The van der Waals surface area contributed by atoms with Crippen molar-refractivity contribution in [3.8, 4) is 11.1 Å². The quantitative estimate of drug-likeness (QED) is 0.228. The Morgan fingerprint density at radius 3 is 2.53 bits per heavy atom. The molecule has 3 aromatic rings. The molecule has 10 nitrogen and oxygen atoms in total. The minimum atomic E-state index is -3.70. The molecule has 5 N–H and O–H groups in total. The van der Waals surface area contributed by atoms with Crippen LogP contribution in [0.15, 0.2) is 82.2 Å². The molecule has 1 amide bonds. The van der Waals surface area contributed by atoms with Crippen molar-refractivity contribution in [1.29, 1.82) is 0 Å². The third kappa shape index (κ3) is 7.68. The zero-order valence-electron chi connectivity index (χ0n) is 24.2. The van der Waals surface area contributed by atoms with E-state index in [1.54, 1.807) is 36.4 Å². The first-order valence-corrected chi connectivity index (χ1v) is 15.9. The molecule has 0 aromatic heterocycles. The maximum atomic E-state index is 13.6. The van der Waals surface area contributed by atoms with Gasteiger partial charge in [0.15, 0.2) is 0 Å². The second kappa shape index (κ2) is 13.5. The molecule has 0 unspecified atom stereocenters. The van der Waals surface area contributed by atoms with Crippen LogP contribution in [0.2, 0.25) is 0 Å². The van der Waals surface area contributed by atoms with Crippen LogP contribution >= 0.6 is 0 Å². The second-order valence-corrected chi connectivity index (χ2v) is 12.4. The van der Waals surface area contributed by atoms with Crippen molar-refractivity contribution in [3.63, 3.8) is 0 Å². The molecule has 0 bridgehead atoms. The largest absolute Gasteiger partial charge is 0.399 e. The first kappa shape index (κ1) is 30.4. The van der Waals surface area contributed by atoms with Gasteiger partial charge in [-0.2, -0.15) is 0 Å². The SMILES string of the molecule is CCCN(OCc1ccc(N)cc1)C(=O)C1=Cc2ccc(-c3cccc(S(=O)(=O)NC4CCOCC4)c3)cc2N=C(N)C1. The Bertz CT molecular complexity index is 1630. The van der Waals surface area contributed by atoms with E-state index in [1.165, 1.54) is 5.06 Å². The van der Waals surface area contributed by atoms with Gasteiger partial charge in [0, 0.05) is 49.0 Å². The number of rotatable bonds is 10. The standard InChI is InChI=1S/C32H37N5O5S/c1-2-14-37(42-21-22-6-10-27(33)11-7-22)32(38)26-17-25-9-8-24(19-30(25)35-31(34)20-26)23-4-3-5-29(18-23)43(39,40)36-28-12-15-41-16-13-28/h3-11,17-19,28,36H,2,12-16,20-21,33H2,1H3,(H2,34,35). The summed E-state index contributed by atoms with van der Waals surface area (Å²) in [6.45, 7) is 3.70. The van der Waals surface area contributed by atoms with E-state index in [0.717, 1.165) is 22.3 Å². The third-order valence-corrected chi connectivity index (χ3v) is 8.83. The Balaban J connectivity index is 1.36. The zero-order chi connectivity index (χ0) is 30.4. The molecule has 0 aliphatic carbocycles. The average molecular weight is 604 g/mol. The van der Waals surface area contributed by atoms with E-state index in [0.29, 0.717) is 61.8 Å². The van der Waals surface area contributed by atoms with Gasteiger partial charge in [-0.05, 0) is 72.4 Å². The summed E-state index contributed by atoms with van der Waals surface area (Å²) in [6.07, 6.45) is 3.96. The summed E-state index contributed by atoms with van der Waals surface area (Å²) in [5, 5.41) is 1.37. The van der Waals surface area contributed by atoms with Gasteiger partial charge in [0.25, 0.3) is 5.91 Å². The van der Waals surface area contributed by atoms with Gasteiger partial charge < -0.3 is 16.2 Å². The summed E-state index contributed by atoms with van der Waals surface area (Å²) in [4.78, 5) is 24.3. The van der Waals surface area contributed by atoms with E-state index in [-0.39, 0.29) is 29.9 Å². The van der Waals surface area contributed by atoms with Gasteiger partial charge in [-0.3, -0.25) is 9.63 Å². The van der Waals surface area contributed by atoms with Crippen molar-refractivity contribution >= 4 is 39.2 Å². The molecule has 43 heavy (non-hydrogen) atoms. The van der Waals surface area contributed by atoms with E-state index in [2.05, 4.69) is 9.71 Å². The van der Waals surface area contributed by atoms with Gasteiger partial charge in [-0.1, -0.05) is 43.3 Å². The minimum Gasteiger partial charge on any atom is -0.399 e. The predicted octanol–water partition coefficient (Wildman–Crippen LogP) is 4.54. The number of nitrogen functional groups attached to an aromatic ring is 1. The fourth-order valence-electron chi connectivity index (χ4n) is 5.01. The number of benzene rings is 3. The molecule has 0 radical (unpaired) electrons. The van der Waals surface area contributed by atoms with E-state index in [4.69, 9.17) is 21.0 Å². The maximum absolute atomic E-state index is 13.6. The highest BCUT2D eigenvalue weighted by atomic mass is 32.2. The number of nitrogens with two attached hydrogens (primary N) is 2. The molecule has 2 aliphatic rings. The van der Waals surface area contributed by atoms with E-state index in [1.807, 2.05) is 43.3 Å². The summed E-state index contributed by atoms with van der Waals surface area (Å²) in [6, 6.07) is 19.6. The Morgan fingerprint density at radius 2 is 1.79 bits per heavy atom. The number of fused-ring (bicyclic) bond motifs is 1. The number of ether oxygens (including phenoxy) is 1. The summed E-state index contributed by atoms with van der Waals surface area (Å²) >= 11 is 0. The van der Waals surface area contributed by atoms with E-state index in [9.17, 15) is 13.2 Å². The van der Waals surface area contributed by atoms with Crippen molar-refractivity contribution in [2.75, 3.05) is 25.5 Å². The van der Waals surface area contributed by atoms with Crippen LogP contribution in [0.4, 0.5) is 11.4 Å². The van der Waals surface area contributed by atoms with E-state index >= 15 is 0 Å². The number of hydroxylamine groups is 2. The lowest BCUT2D eigenvalue weighted by atomic mass is 10.0. The van der Waals surface area contributed by atoms with Crippen LogP contribution < -0.4 is 16.2 Å². The van der Waals surface area contributed by atoms with Gasteiger partial charge >= 0.3 is 0 Å². The number of amides is 1. The number of nitrogens with zero attached hydrogens (tertiary/aromatic N) is 2. The molecule has 0 atom stereocenters. The lowest BCUT2D eigenvalue weighted by molar-refractivity contribution is -0.187. The lowest BCUT2D eigenvalue weighted by Crippen LogP contribution is -2.38. The third-order valence-electron chi connectivity index (χ3n) is 7.31. The summed E-state index contributed by atoms with van der Waals surface area (Å²) in [5.41, 5.74) is 16.9. The zero-order valence-corrected chi connectivity index (χ0v) is 25.0. The van der Waals surface area contributed by atoms with Crippen LogP contribution in [0, 0.1) is 0 Å². The molecule has 1 fully saturated rings. The van der Waals surface area contributed by atoms with Gasteiger partial charge in [0.2, 0.25) is 10.0 Å². The van der Waals surface area contributed by atoms with Crippen molar-refractivity contribution in [2.45, 2.75) is 50.2 Å². The minimum absolute atomic E-state index is 0.146. The molecule has 1 saturated heterocycles. The molecule has 0 spiro atoms. The second-order valence-electron chi connectivity index (χ2n) is 10.7. The van der Waals surface area contributed by atoms with Crippen LogP contribution in [-0.4, -0.2) is 51.0 Å². The molecular weight excluding hydrogens is 566 g/mol. The maximum Gasteiger partial charge on any atom is 0.273 e. The van der Waals surface area contributed by atoms with Crippen molar-refractivity contribution in [1.82, 2.24) is 9.79 Å². The number of aliphatic imine (C=N–C) groups is 1. The van der Waals surface area contributed by atoms with Crippen LogP contribution in [0.3, 0.4) is 0 Å². The summed E-state index contributed by atoms with van der Waals surface area (Å²) < 4.78 is 34.3. The molecule has 2 heterocycles. The van der Waals surface area contributed by atoms with Crippen molar-refractivity contribution < 1.29 is 22.8 Å². The highest BCUT2D eigenvalue weighted by molar-refractivity contribution is 7.89. The van der Waals surface area contributed by atoms with Crippen LogP contribution in [0.1, 0.15) is 43.7 Å². The number of hydrogen-bond acceptors (Lipinski definition) is 8. The first-order chi connectivity index (χ1) is 20.7. The fourth-order valence-corrected chi connectivity index (χ4v) is 6.36. The average Bonchev–Trinajstić information content (AvgIpc) is 3.17. The Kier molecular flexibility index (Phi) is 9.56. The summed E-state index contributed by atoms with van der Waals surface area (Å²) in [5.74, 6) is 0.0183. The van der Waals surface area contributed by atoms with Crippen molar-refractivity contribution in [3.05, 3.63) is 83.4 Å². The van der Waals surface area contributed by atoms with Gasteiger partial charge in [0.05, 0.1) is 10.6 Å². The molecule has 11 heteroatoms. The predicted molar refractivity (Wildman–Crippen MR) is 168 cm³/mol. The molecule has 5 rings (SSSR count). The molecule has 3 aromatic carbocycles. The monoisotopic (exact) mass is 603 g/mol. The number of hydrogen-bond donors (Lipinski definition) is 3. The highest BCUT2D eigenvalue weighted by Gasteiger charge is 2.24. The molecular formula is C32H37N5O5S. The Morgan fingerprint density at radius 1 is 1.05 bits per heavy atom. The van der Waals surface area contributed by atoms with Crippen LogP contribution in [-0.2, 0) is 31.0 Å². The highest BCUT2D eigenvalue weighted by Crippen LogP contribution is 2.33. The fraction of sp³-hybridized carbons (Fsp3) is 0.312. The molecule has 2 aliphatic heterocycles.